The lowest BCUT2D eigenvalue weighted by molar-refractivity contribution is 0.437. The van der Waals surface area contributed by atoms with Gasteiger partial charge >= 0.3 is 0 Å². The lowest BCUT2D eigenvalue weighted by Crippen LogP contribution is -2.07. The van der Waals surface area contributed by atoms with Crippen LogP contribution in [0.25, 0.3) is 0 Å². The Bertz CT molecular complexity index is 340. The summed E-state index contributed by atoms with van der Waals surface area (Å²) in [5.41, 5.74) is 3.99. The fourth-order valence-electron chi connectivity index (χ4n) is 1.75. The van der Waals surface area contributed by atoms with E-state index in [0.717, 1.165) is 12.8 Å². The summed E-state index contributed by atoms with van der Waals surface area (Å²) in [6, 6.07) is 8.52. The minimum Gasteiger partial charge on any atom is -0.303 e. The Labute approximate surface area is 78.9 Å². The molecular weight excluding hydrogens is 160 g/mol. The molecule has 0 radical (unpaired) electrons. The van der Waals surface area contributed by atoms with Crippen LogP contribution in [0.1, 0.15) is 17.5 Å². The Kier molecular flexibility index (Phi) is 2.05. The highest BCUT2D eigenvalue weighted by Gasteiger charge is 2.16. The van der Waals surface area contributed by atoms with Gasteiger partial charge in [-0.3, -0.25) is 0 Å². The quantitative estimate of drug-likeness (QED) is 0.594. The maximum Gasteiger partial charge on any atom is 0.0683 e. The Morgan fingerprint density at radius 3 is 2.69 bits per heavy atom. The maximum absolute atomic E-state index is 4.47. The lowest BCUT2D eigenvalue weighted by Gasteiger charge is -2.06. The second-order valence-electron chi connectivity index (χ2n) is 3.55. The smallest absolute Gasteiger partial charge is 0.0683 e. The number of fused-ring (bicyclic) bond motifs is 1. The molecule has 1 aromatic carbocycles. The van der Waals surface area contributed by atoms with Crippen molar-refractivity contribution in [2.24, 2.45) is 5.10 Å². The predicted molar refractivity (Wildman–Crippen MR) is 55.0 cm³/mol. The number of aryl methyl sites for hydroxylation is 1. The van der Waals surface area contributed by atoms with E-state index in [4.69, 9.17) is 0 Å². The average molecular weight is 174 g/mol. The molecule has 0 aromatic heterocycles. The Morgan fingerprint density at radius 2 is 1.92 bits per heavy atom. The molecule has 0 saturated heterocycles. The summed E-state index contributed by atoms with van der Waals surface area (Å²) in [7, 11) is 3.93. The van der Waals surface area contributed by atoms with Gasteiger partial charge < -0.3 is 5.01 Å². The molecule has 0 atom stereocenters. The fraction of sp³-hybridized carbons (Fsp3) is 0.364. The van der Waals surface area contributed by atoms with Gasteiger partial charge in [-0.15, -0.1) is 0 Å². The van der Waals surface area contributed by atoms with Crippen molar-refractivity contribution in [1.82, 2.24) is 5.01 Å². The average Bonchev–Trinajstić information content (AvgIpc) is 2.48. The van der Waals surface area contributed by atoms with Gasteiger partial charge in [0.15, 0.2) is 0 Å². The first-order valence-electron chi connectivity index (χ1n) is 4.60. The van der Waals surface area contributed by atoms with Crippen LogP contribution in [0.15, 0.2) is 29.4 Å². The molecular formula is C11H14N2. The van der Waals surface area contributed by atoms with Crippen LogP contribution in [0.3, 0.4) is 0 Å². The number of nitrogens with zero attached hydrogens (tertiary/aromatic N) is 2. The minimum absolute atomic E-state index is 1.08. The third-order valence-electron chi connectivity index (χ3n) is 2.28. The second kappa shape index (κ2) is 3.21. The summed E-state index contributed by atoms with van der Waals surface area (Å²) < 4.78 is 0. The summed E-state index contributed by atoms with van der Waals surface area (Å²) in [5, 5.41) is 6.34. The first-order chi connectivity index (χ1) is 6.27. The molecule has 1 aromatic rings. The van der Waals surface area contributed by atoms with Crippen molar-refractivity contribution in [1.29, 1.82) is 0 Å². The predicted octanol–water partition coefficient (Wildman–Crippen LogP) is 1.90. The number of benzene rings is 1. The summed E-state index contributed by atoms with van der Waals surface area (Å²) >= 11 is 0. The van der Waals surface area contributed by atoms with E-state index in [0.29, 0.717) is 0 Å². The van der Waals surface area contributed by atoms with E-state index < -0.39 is 0 Å². The first kappa shape index (κ1) is 8.30. The van der Waals surface area contributed by atoms with Gasteiger partial charge in [-0.25, -0.2) is 0 Å². The SMILES string of the molecule is CN(C)N=C1CCc2ccccc21. The largest absolute Gasteiger partial charge is 0.303 e. The second-order valence-corrected chi connectivity index (χ2v) is 3.55. The molecule has 0 saturated carbocycles. The van der Waals surface area contributed by atoms with Crippen molar-refractivity contribution >= 4 is 5.71 Å². The Hall–Kier alpha value is -1.31. The highest BCUT2D eigenvalue weighted by atomic mass is 15.4. The summed E-state index contributed by atoms with van der Waals surface area (Å²) in [5.74, 6) is 0. The summed E-state index contributed by atoms with van der Waals surface area (Å²) in [6.45, 7) is 0. The number of hydrazone groups is 1. The van der Waals surface area contributed by atoms with Gasteiger partial charge in [0, 0.05) is 19.7 Å². The standard InChI is InChI=1S/C11H14N2/c1-13(2)12-11-8-7-9-5-3-4-6-10(9)11/h3-6H,7-8H2,1-2H3. The van der Waals surface area contributed by atoms with E-state index in [9.17, 15) is 0 Å². The van der Waals surface area contributed by atoms with Gasteiger partial charge in [0.05, 0.1) is 5.71 Å². The number of hydrogen-bond donors (Lipinski definition) is 0. The summed E-state index contributed by atoms with van der Waals surface area (Å²) in [4.78, 5) is 0. The van der Waals surface area contributed by atoms with E-state index in [1.54, 1.807) is 0 Å². The van der Waals surface area contributed by atoms with Crippen LogP contribution in [0.4, 0.5) is 0 Å². The normalized spacial score (nSPS) is 17.5. The summed E-state index contributed by atoms with van der Waals surface area (Å²) in [6.07, 6.45) is 2.22. The van der Waals surface area contributed by atoms with Crippen LogP contribution in [0.5, 0.6) is 0 Å². The molecule has 2 rings (SSSR count). The van der Waals surface area contributed by atoms with Gasteiger partial charge in [0.25, 0.3) is 0 Å². The van der Waals surface area contributed by atoms with Crippen LogP contribution < -0.4 is 0 Å². The minimum atomic E-state index is 1.08. The highest BCUT2D eigenvalue weighted by molar-refractivity contribution is 6.04. The third kappa shape index (κ3) is 1.57. The molecule has 0 fully saturated rings. The van der Waals surface area contributed by atoms with Crippen molar-refractivity contribution in [2.45, 2.75) is 12.8 Å². The maximum atomic E-state index is 4.47. The van der Waals surface area contributed by atoms with Crippen molar-refractivity contribution in [2.75, 3.05) is 14.1 Å². The zero-order valence-electron chi connectivity index (χ0n) is 8.12. The van der Waals surface area contributed by atoms with Gasteiger partial charge in [0.1, 0.15) is 0 Å². The lowest BCUT2D eigenvalue weighted by atomic mass is 10.1. The molecule has 68 valence electrons. The zero-order chi connectivity index (χ0) is 9.26. The molecule has 0 heterocycles. The molecule has 0 spiro atoms. The van der Waals surface area contributed by atoms with Crippen molar-refractivity contribution < 1.29 is 0 Å². The fourth-order valence-corrected chi connectivity index (χ4v) is 1.75. The molecule has 1 aliphatic carbocycles. The number of rotatable bonds is 1. The number of hydrogen-bond acceptors (Lipinski definition) is 2. The van der Waals surface area contributed by atoms with Gasteiger partial charge in [0.2, 0.25) is 0 Å². The monoisotopic (exact) mass is 174 g/mol. The van der Waals surface area contributed by atoms with Crippen molar-refractivity contribution in [3.05, 3.63) is 35.4 Å². The van der Waals surface area contributed by atoms with E-state index in [1.807, 2.05) is 19.1 Å². The van der Waals surface area contributed by atoms with E-state index in [-0.39, 0.29) is 0 Å². The van der Waals surface area contributed by atoms with Crippen LogP contribution in [0.2, 0.25) is 0 Å². The molecule has 13 heavy (non-hydrogen) atoms. The molecule has 1 aliphatic rings. The molecule has 0 N–H and O–H groups in total. The van der Waals surface area contributed by atoms with E-state index >= 15 is 0 Å². The van der Waals surface area contributed by atoms with Crippen LogP contribution in [0, 0.1) is 0 Å². The van der Waals surface area contributed by atoms with Crippen LogP contribution >= 0.6 is 0 Å². The van der Waals surface area contributed by atoms with Crippen LogP contribution in [-0.2, 0) is 6.42 Å². The van der Waals surface area contributed by atoms with Crippen molar-refractivity contribution in [3.8, 4) is 0 Å². The zero-order valence-corrected chi connectivity index (χ0v) is 8.12. The van der Waals surface area contributed by atoms with Gasteiger partial charge in [-0.2, -0.15) is 5.10 Å². The van der Waals surface area contributed by atoms with Gasteiger partial charge in [-0.05, 0) is 18.4 Å². The molecule has 0 bridgehead atoms. The Morgan fingerprint density at radius 1 is 1.15 bits per heavy atom. The van der Waals surface area contributed by atoms with Gasteiger partial charge in [-0.1, -0.05) is 24.3 Å². The molecule has 2 heteroatoms. The molecule has 0 aliphatic heterocycles. The molecule has 2 nitrogen and oxygen atoms in total. The van der Waals surface area contributed by atoms with Crippen LogP contribution in [-0.4, -0.2) is 24.8 Å². The topological polar surface area (TPSA) is 15.6 Å². The highest BCUT2D eigenvalue weighted by Crippen LogP contribution is 2.21. The Balaban J connectivity index is 2.38. The van der Waals surface area contributed by atoms with E-state index in [1.165, 1.54) is 16.8 Å². The van der Waals surface area contributed by atoms with Crippen molar-refractivity contribution in [3.63, 3.8) is 0 Å². The molecule has 0 unspecified atom stereocenters. The first-order valence-corrected chi connectivity index (χ1v) is 4.60. The van der Waals surface area contributed by atoms with E-state index in [2.05, 4.69) is 29.4 Å². The third-order valence-corrected chi connectivity index (χ3v) is 2.28. The molecule has 0 amide bonds.